The summed E-state index contributed by atoms with van der Waals surface area (Å²) in [5.41, 5.74) is 3.31. The molecule has 106 valence electrons. The molecule has 0 bridgehead atoms. The summed E-state index contributed by atoms with van der Waals surface area (Å²) in [5, 5.41) is 3.88. The largest absolute Gasteiger partial charge is 0.473 e. The molecular formula is C16H19ClN2O. The predicted molar refractivity (Wildman–Crippen MR) is 82.2 cm³/mol. The molecule has 0 fully saturated rings. The molecule has 0 aliphatic rings. The van der Waals surface area contributed by atoms with Gasteiger partial charge in [-0.3, -0.25) is 0 Å². The Balaban J connectivity index is 2.07. The Morgan fingerprint density at radius 2 is 1.90 bits per heavy atom. The quantitative estimate of drug-likeness (QED) is 0.883. The zero-order valence-electron chi connectivity index (χ0n) is 11.8. The third-order valence-electron chi connectivity index (χ3n) is 2.96. The van der Waals surface area contributed by atoms with E-state index in [4.69, 9.17) is 16.3 Å². The Morgan fingerprint density at radius 1 is 1.15 bits per heavy atom. The third kappa shape index (κ3) is 4.22. The predicted octanol–water partition coefficient (Wildman–Crippen LogP) is 3.60. The minimum Gasteiger partial charge on any atom is -0.473 e. The van der Waals surface area contributed by atoms with E-state index >= 15 is 0 Å². The zero-order chi connectivity index (χ0) is 14.4. The molecule has 1 aromatic carbocycles. The van der Waals surface area contributed by atoms with Crippen molar-refractivity contribution in [2.45, 2.75) is 26.5 Å². The van der Waals surface area contributed by atoms with Crippen LogP contribution in [0.15, 0.2) is 36.4 Å². The van der Waals surface area contributed by atoms with Crippen molar-refractivity contribution in [3.05, 3.63) is 58.2 Å². The van der Waals surface area contributed by atoms with E-state index in [1.165, 1.54) is 5.56 Å². The van der Waals surface area contributed by atoms with Gasteiger partial charge in [0.25, 0.3) is 0 Å². The molecule has 0 radical (unpaired) electrons. The van der Waals surface area contributed by atoms with Crippen LogP contribution in [0.1, 0.15) is 23.7 Å². The van der Waals surface area contributed by atoms with Gasteiger partial charge in [0.05, 0.1) is 0 Å². The fourth-order valence-corrected chi connectivity index (χ4v) is 2.05. The Kier molecular flexibility index (Phi) is 5.39. The van der Waals surface area contributed by atoms with E-state index in [2.05, 4.69) is 23.3 Å². The van der Waals surface area contributed by atoms with Crippen LogP contribution in [0.3, 0.4) is 0 Å². The molecule has 0 aliphatic heterocycles. The number of hydrogen-bond donors (Lipinski definition) is 1. The number of nitrogens with one attached hydrogen (secondary N) is 1. The van der Waals surface area contributed by atoms with E-state index in [1.807, 2.05) is 37.4 Å². The summed E-state index contributed by atoms with van der Waals surface area (Å²) in [5.74, 6) is 0.671. The highest BCUT2D eigenvalue weighted by Gasteiger charge is 2.03. The Hall–Kier alpha value is -1.58. The van der Waals surface area contributed by atoms with E-state index in [0.29, 0.717) is 12.5 Å². The molecule has 1 N–H and O–H groups in total. The van der Waals surface area contributed by atoms with Gasteiger partial charge in [0.1, 0.15) is 6.61 Å². The van der Waals surface area contributed by atoms with Crippen LogP contribution in [-0.2, 0) is 19.6 Å². The van der Waals surface area contributed by atoms with E-state index in [1.54, 1.807) is 0 Å². The monoisotopic (exact) mass is 290 g/mol. The van der Waals surface area contributed by atoms with Crippen molar-refractivity contribution in [3.8, 4) is 5.88 Å². The van der Waals surface area contributed by atoms with E-state index in [9.17, 15) is 0 Å². The molecule has 0 saturated heterocycles. The van der Waals surface area contributed by atoms with E-state index in [0.717, 1.165) is 29.2 Å². The minimum atomic E-state index is 0.496. The summed E-state index contributed by atoms with van der Waals surface area (Å²) < 4.78 is 5.78. The summed E-state index contributed by atoms with van der Waals surface area (Å²) in [6.07, 6.45) is 0.898. The molecule has 0 atom stereocenters. The van der Waals surface area contributed by atoms with Gasteiger partial charge in [0, 0.05) is 23.3 Å². The summed E-state index contributed by atoms with van der Waals surface area (Å²) in [7, 11) is 1.93. The standard InChI is InChI=1S/C16H19ClN2O/c1-3-15-8-13(10-18-2)9-16(19-15)20-11-12-4-6-14(17)7-5-12/h4-9,18H,3,10-11H2,1-2H3. The van der Waals surface area contributed by atoms with Crippen LogP contribution in [-0.4, -0.2) is 12.0 Å². The molecule has 1 aromatic heterocycles. The van der Waals surface area contributed by atoms with Crippen LogP contribution >= 0.6 is 11.6 Å². The van der Waals surface area contributed by atoms with Crippen LogP contribution in [0.2, 0.25) is 5.02 Å². The van der Waals surface area contributed by atoms with Gasteiger partial charge in [-0.1, -0.05) is 30.7 Å². The first-order valence-corrected chi connectivity index (χ1v) is 7.10. The number of ether oxygens (including phenoxy) is 1. The van der Waals surface area contributed by atoms with Gasteiger partial charge in [-0.25, -0.2) is 4.98 Å². The van der Waals surface area contributed by atoms with Crippen LogP contribution in [0, 0.1) is 0 Å². The third-order valence-corrected chi connectivity index (χ3v) is 3.21. The van der Waals surface area contributed by atoms with Crippen LogP contribution in [0.4, 0.5) is 0 Å². The maximum absolute atomic E-state index is 5.86. The van der Waals surface area contributed by atoms with Crippen molar-refractivity contribution in [2.75, 3.05) is 7.05 Å². The lowest BCUT2D eigenvalue weighted by Crippen LogP contribution is -2.07. The normalized spacial score (nSPS) is 10.6. The lowest BCUT2D eigenvalue weighted by molar-refractivity contribution is 0.292. The molecule has 0 amide bonds. The highest BCUT2D eigenvalue weighted by atomic mass is 35.5. The van der Waals surface area contributed by atoms with Gasteiger partial charge in [-0.2, -0.15) is 0 Å². The molecule has 2 aromatic rings. The first-order valence-electron chi connectivity index (χ1n) is 6.73. The summed E-state index contributed by atoms with van der Waals surface area (Å²) in [6, 6.07) is 11.7. The van der Waals surface area contributed by atoms with Crippen molar-refractivity contribution < 1.29 is 4.74 Å². The summed E-state index contributed by atoms with van der Waals surface area (Å²) >= 11 is 5.86. The van der Waals surface area contributed by atoms with Gasteiger partial charge < -0.3 is 10.1 Å². The number of aromatic nitrogens is 1. The summed E-state index contributed by atoms with van der Waals surface area (Å²) in [4.78, 5) is 4.49. The maximum atomic E-state index is 5.86. The van der Waals surface area contributed by atoms with Crippen LogP contribution in [0.25, 0.3) is 0 Å². The van der Waals surface area contributed by atoms with Gasteiger partial charge in [-0.15, -0.1) is 0 Å². The molecule has 0 saturated carbocycles. The molecule has 0 unspecified atom stereocenters. The van der Waals surface area contributed by atoms with Crippen molar-refractivity contribution in [2.24, 2.45) is 0 Å². The molecule has 0 spiro atoms. The second-order valence-corrected chi connectivity index (χ2v) is 5.04. The Labute approximate surface area is 124 Å². The number of benzene rings is 1. The number of nitrogens with zero attached hydrogens (tertiary/aromatic N) is 1. The number of halogens is 1. The van der Waals surface area contributed by atoms with Crippen molar-refractivity contribution in [1.82, 2.24) is 10.3 Å². The SMILES string of the molecule is CCc1cc(CNC)cc(OCc2ccc(Cl)cc2)n1. The average Bonchev–Trinajstić information content (AvgIpc) is 2.47. The Morgan fingerprint density at radius 3 is 2.55 bits per heavy atom. The number of hydrogen-bond acceptors (Lipinski definition) is 3. The molecule has 1 heterocycles. The molecule has 3 nitrogen and oxygen atoms in total. The number of pyridine rings is 1. The Bertz CT molecular complexity index is 555. The highest BCUT2D eigenvalue weighted by molar-refractivity contribution is 6.30. The maximum Gasteiger partial charge on any atom is 0.214 e. The van der Waals surface area contributed by atoms with Gasteiger partial charge in [-0.05, 0) is 42.8 Å². The average molecular weight is 291 g/mol. The molecule has 2 rings (SSSR count). The molecule has 20 heavy (non-hydrogen) atoms. The van der Waals surface area contributed by atoms with E-state index in [-0.39, 0.29) is 0 Å². The van der Waals surface area contributed by atoms with Crippen molar-refractivity contribution in [1.29, 1.82) is 0 Å². The fraction of sp³-hybridized carbons (Fsp3) is 0.312. The lowest BCUT2D eigenvalue weighted by atomic mass is 10.2. The van der Waals surface area contributed by atoms with Crippen LogP contribution < -0.4 is 10.1 Å². The number of aryl methyl sites for hydroxylation is 1. The smallest absolute Gasteiger partial charge is 0.214 e. The molecule has 4 heteroatoms. The minimum absolute atomic E-state index is 0.496. The highest BCUT2D eigenvalue weighted by Crippen LogP contribution is 2.16. The topological polar surface area (TPSA) is 34.1 Å². The summed E-state index contributed by atoms with van der Waals surface area (Å²) in [6.45, 7) is 3.40. The van der Waals surface area contributed by atoms with Gasteiger partial charge in [0.15, 0.2) is 0 Å². The lowest BCUT2D eigenvalue weighted by Gasteiger charge is -2.09. The zero-order valence-corrected chi connectivity index (χ0v) is 12.6. The second kappa shape index (κ2) is 7.27. The fourth-order valence-electron chi connectivity index (χ4n) is 1.92. The van der Waals surface area contributed by atoms with Gasteiger partial charge in [0.2, 0.25) is 5.88 Å². The first-order chi connectivity index (χ1) is 9.71. The van der Waals surface area contributed by atoms with Crippen molar-refractivity contribution >= 4 is 11.6 Å². The van der Waals surface area contributed by atoms with Crippen molar-refractivity contribution in [3.63, 3.8) is 0 Å². The molecular weight excluding hydrogens is 272 g/mol. The molecule has 0 aliphatic carbocycles. The van der Waals surface area contributed by atoms with Gasteiger partial charge >= 0.3 is 0 Å². The number of rotatable bonds is 6. The van der Waals surface area contributed by atoms with Crippen LogP contribution in [0.5, 0.6) is 5.88 Å². The first kappa shape index (κ1) is 14.8. The van der Waals surface area contributed by atoms with E-state index < -0.39 is 0 Å². The second-order valence-electron chi connectivity index (χ2n) is 4.60.